The molecular weight excluding hydrogens is 257 g/mol. The molecule has 0 aliphatic rings. The van der Waals surface area contributed by atoms with Crippen LogP contribution in [0.3, 0.4) is 0 Å². The van der Waals surface area contributed by atoms with Crippen molar-refractivity contribution in [3.63, 3.8) is 0 Å². The van der Waals surface area contributed by atoms with Crippen molar-refractivity contribution in [2.75, 3.05) is 0 Å². The summed E-state index contributed by atoms with van der Waals surface area (Å²) >= 11 is 0. The molecule has 0 saturated carbocycles. The number of aromatic nitrogens is 2. The monoisotopic (exact) mass is 275 g/mol. The molecular formula is C15H18FN3O. The standard InChI is InChI=1S/C15H18FN3O/c1-15(2,3)19-9-12-8-18-14(10-17-12)20-13-6-4-11(16)5-7-13/h4-8,10,19H,9H2,1-3H3. The minimum atomic E-state index is -0.299. The van der Waals surface area contributed by atoms with Crippen molar-refractivity contribution in [3.05, 3.63) is 48.2 Å². The van der Waals surface area contributed by atoms with Gasteiger partial charge in [-0.25, -0.2) is 9.37 Å². The van der Waals surface area contributed by atoms with Crippen LogP contribution in [0, 0.1) is 5.82 Å². The van der Waals surface area contributed by atoms with Crippen molar-refractivity contribution >= 4 is 0 Å². The summed E-state index contributed by atoms with van der Waals surface area (Å²) < 4.78 is 18.2. The SMILES string of the molecule is CC(C)(C)NCc1cnc(Oc2ccc(F)cc2)cn1. The fourth-order valence-electron chi connectivity index (χ4n) is 1.47. The lowest BCUT2D eigenvalue weighted by atomic mass is 10.1. The van der Waals surface area contributed by atoms with E-state index in [1.54, 1.807) is 24.5 Å². The Balaban J connectivity index is 1.96. The summed E-state index contributed by atoms with van der Waals surface area (Å²) in [5, 5.41) is 3.33. The van der Waals surface area contributed by atoms with E-state index in [-0.39, 0.29) is 11.4 Å². The third-order valence-corrected chi connectivity index (χ3v) is 2.52. The van der Waals surface area contributed by atoms with Crippen molar-refractivity contribution in [1.29, 1.82) is 0 Å². The molecule has 5 heteroatoms. The van der Waals surface area contributed by atoms with Gasteiger partial charge in [0, 0.05) is 12.1 Å². The zero-order chi connectivity index (χ0) is 14.6. The molecule has 0 spiro atoms. The number of benzene rings is 1. The molecule has 1 heterocycles. The summed E-state index contributed by atoms with van der Waals surface area (Å²) in [6.07, 6.45) is 3.22. The van der Waals surface area contributed by atoms with E-state index in [0.717, 1.165) is 5.69 Å². The van der Waals surface area contributed by atoms with E-state index < -0.39 is 0 Å². The highest BCUT2D eigenvalue weighted by Crippen LogP contribution is 2.18. The van der Waals surface area contributed by atoms with E-state index in [9.17, 15) is 4.39 Å². The van der Waals surface area contributed by atoms with Crippen LogP contribution in [0.2, 0.25) is 0 Å². The van der Waals surface area contributed by atoms with Gasteiger partial charge in [0.05, 0.1) is 18.1 Å². The fraction of sp³-hybridized carbons (Fsp3) is 0.333. The van der Waals surface area contributed by atoms with E-state index >= 15 is 0 Å². The zero-order valence-corrected chi connectivity index (χ0v) is 11.9. The van der Waals surface area contributed by atoms with Crippen molar-refractivity contribution in [2.45, 2.75) is 32.9 Å². The van der Waals surface area contributed by atoms with Gasteiger partial charge in [0.25, 0.3) is 0 Å². The Morgan fingerprint density at radius 1 is 1.10 bits per heavy atom. The maximum absolute atomic E-state index is 12.8. The number of hydrogen-bond acceptors (Lipinski definition) is 4. The van der Waals surface area contributed by atoms with Gasteiger partial charge >= 0.3 is 0 Å². The number of nitrogens with zero attached hydrogens (tertiary/aromatic N) is 2. The molecule has 0 aliphatic heterocycles. The number of halogens is 1. The molecule has 2 aromatic rings. The molecule has 0 saturated heterocycles. The molecule has 0 fully saturated rings. The third kappa shape index (κ3) is 4.59. The highest BCUT2D eigenvalue weighted by Gasteiger charge is 2.09. The van der Waals surface area contributed by atoms with E-state index in [0.29, 0.717) is 18.2 Å². The van der Waals surface area contributed by atoms with Crippen LogP contribution in [0.4, 0.5) is 4.39 Å². The van der Waals surface area contributed by atoms with Crippen LogP contribution in [0.15, 0.2) is 36.7 Å². The predicted octanol–water partition coefficient (Wildman–Crippen LogP) is 3.30. The highest BCUT2D eigenvalue weighted by atomic mass is 19.1. The maximum Gasteiger partial charge on any atom is 0.237 e. The van der Waals surface area contributed by atoms with Gasteiger partial charge in [0.15, 0.2) is 0 Å². The Labute approximate surface area is 118 Å². The largest absolute Gasteiger partial charge is 0.438 e. The van der Waals surface area contributed by atoms with Gasteiger partial charge in [-0.2, -0.15) is 0 Å². The molecule has 1 aromatic carbocycles. The summed E-state index contributed by atoms with van der Waals surface area (Å²) in [5.74, 6) is 0.615. The smallest absolute Gasteiger partial charge is 0.237 e. The second kappa shape index (κ2) is 5.96. The van der Waals surface area contributed by atoms with E-state index in [1.807, 2.05) is 0 Å². The molecule has 0 radical (unpaired) electrons. The van der Waals surface area contributed by atoms with E-state index in [1.165, 1.54) is 12.1 Å². The van der Waals surface area contributed by atoms with E-state index in [4.69, 9.17) is 4.74 Å². The molecule has 0 bridgehead atoms. The summed E-state index contributed by atoms with van der Waals surface area (Å²) in [4.78, 5) is 8.45. The van der Waals surface area contributed by atoms with Gasteiger partial charge < -0.3 is 10.1 Å². The average Bonchev–Trinajstić information content (AvgIpc) is 2.40. The first-order valence-corrected chi connectivity index (χ1v) is 6.42. The minimum absolute atomic E-state index is 0.0327. The van der Waals surface area contributed by atoms with Gasteiger partial charge in [0.1, 0.15) is 11.6 Å². The second-order valence-electron chi connectivity index (χ2n) is 5.51. The maximum atomic E-state index is 12.8. The molecule has 1 N–H and O–H groups in total. The molecule has 2 rings (SSSR count). The molecule has 1 aromatic heterocycles. The van der Waals surface area contributed by atoms with E-state index in [2.05, 4.69) is 36.1 Å². The molecule has 0 amide bonds. The van der Waals surface area contributed by atoms with Gasteiger partial charge in [-0.05, 0) is 45.0 Å². The van der Waals surface area contributed by atoms with Gasteiger partial charge in [-0.3, -0.25) is 4.98 Å². The van der Waals surface area contributed by atoms with Gasteiger partial charge in [0.2, 0.25) is 5.88 Å². The predicted molar refractivity (Wildman–Crippen MR) is 75.1 cm³/mol. The van der Waals surface area contributed by atoms with Crippen LogP contribution >= 0.6 is 0 Å². The second-order valence-corrected chi connectivity index (χ2v) is 5.51. The first kappa shape index (κ1) is 14.4. The Hall–Kier alpha value is -2.01. The lowest BCUT2D eigenvalue weighted by molar-refractivity contribution is 0.418. The fourth-order valence-corrected chi connectivity index (χ4v) is 1.47. The number of ether oxygens (including phenoxy) is 1. The summed E-state index contributed by atoms with van der Waals surface area (Å²) in [6.45, 7) is 6.92. The van der Waals surface area contributed by atoms with Gasteiger partial charge in [-0.15, -0.1) is 0 Å². The summed E-state index contributed by atoms with van der Waals surface area (Å²) in [6, 6.07) is 5.77. The van der Waals surface area contributed by atoms with Crippen molar-refractivity contribution in [2.24, 2.45) is 0 Å². The van der Waals surface area contributed by atoms with Crippen LogP contribution in [-0.4, -0.2) is 15.5 Å². The summed E-state index contributed by atoms with van der Waals surface area (Å²) in [7, 11) is 0. The molecule has 0 aliphatic carbocycles. The topological polar surface area (TPSA) is 47.0 Å². The van der Waals surface area contributed by atoms with Crippen LogP contribution in [0.5, 0.6) is 11.6 Å². The molecule has 20 heavy (non-hydrogen) atoms. The van der Waals surface area contributed by atoms with Crippen molar-refractivity contribution in [1.82, 2.24) is 15.3 Å². The minimum Gasteiger partial charge on any atom is -0.438 e. The van der Waals surface area contributed by atoms with Crippen molar-refractivity contribution < 1.29 is 9.13 Å². The third-order valence-electron chi connectivity index (χ3n) is 2.52. The summed E-state index contributed by atoms with van der Waals surface area (Å²) in [5.41, 5.74) is 0.872. The average molecular weight is 275 g/mol. The van der Waals surface area contributed by atoms with Crippen LogP contribution in [0.1, 0.15) is 26.5 Å². The Kier molecular flexibility index (Phi) is 4.29. The molecule has 0 atom stereocenters. The molecule has 106 valence electrons. The quantitative estimate of drug-likeness (QED) is 0.930. The first-order chi connectivity index (χ1) is 9.42. The Bertz CT molecular complexity index is 547. The Morgan fingerprint density at radius 2 is 1.80 bits per heavy atom. The lowest BCUT2D eigenvalue weighted by Crippen LogP contribution is -2.35. The van der Waals surface area contributed by atoms with Crippen LogP contribution < -0.4 is 10.1 Å². The molecule has 4 nitrogen and oxygen atoms in total. The number of rotatable bonds is 4. The Morgan fingerprint density at radius 3 is 2.35 bits per heavy atom. The molecule has 0 unspecified atom stereocenters. The number of hydrogen-bond donors (Lipinski definition) is 1. The lowest BCUT2D eigenvalue weighted by Gasteiger charge is -2.19. The first-order valence-electron chi connectivity index (χ1n) is 6.42. The van der Waals surface area contributed by atoms with Crippen LogP contribution in [-0.2, 0) is 6.54 Å². The van der Waals surface area contributed by atoms with Crippen LogP contribution in [0.25, 0.3) is 0 Å². The number of nitrogens with one attached hydrogen (secondary N) is 1. The van der Waals surface area contributed by atoms with Gasteiger partial charge in [-0.1, -0.05) is 0 Å². The highest BCUT2D eigenvalue weighted by molar-refractivity contribution is 5.26. The zero-order valence-electron chi connectivity index (χ0n) is 11.9. The van der Waals surface area contributed by atoms with Crippen molar-refractivity contribution in [3.8, 4) is 11.6 Å². The normalized spacial score (nSPS) is 11.4.